The van der Waals surface area contributed by atoms with Crippen molar-refractivity contribution < 1.29 is 80.2 Å². The number of phosphoric acid groups is 2. The number of rotatable bonds is 75. The van der Waals surface area contributed by atoms with Gasteiger partial charge in [-0.2, -0.15) is 0 Å². The summed E-state index contributed by atoms with van der Waals surface area (Å²) in [5.74, 6) is -2.43. The third-order valence-corrected chi connectivity index (χ3v) is 18.2. The zero-order chi connectivity index (χ0) is 80.3. The summed E-state index contributed by atoms with van der Waals surface area (Å²) < 4.78 is 68.5. The quantitative estimate of drug-likeness (QED) is 0.0169. The van der Waals surface area contributed by atoms with Crippen LogP contribution in [0.5, 0.6) is 0 Å². The number of esters is 4. The smallest absolute Gasteiger partial charge is 0.462 e. The van der Waals surface area contributed by atoms with Crippen molar-refractivity contribution in [2.24, 2.45) is 0 Å². The van der Waals surface area contributed by atoms with E-state index in [0.29, 0.717) is 38.5 Å². The minimum atomic E-state index is -5.03. The van der Waals surface area contributed by atoms with Crippen LogP contribution in [-0.4, -0.2) is 96.7 Å². The molecule has 0 aromatic rings. The molecule has 0 heterocycles. The Morgan fingerprint density at radius 1 is 0.264 bits per heavy atom. The molecular formula is C91H144O17P2. The van der Waals surface area contributed by atoms with Crippen LogP contribution >= 0.6 is 15.6 Å². The Hall–Kier alpha value is -6.36. The Balaban J connectivity index is 5.55. The second-order valence-electron chi connectivity index (χ2n) is 26.6. The standard InChI is InChI=1S/C91H144O17P2/c1-5-9-13-17-21-25-29-33-36-39-42-45-48-52-55-59-63-67-71-75-88(93)101-81-86(107-90(95)77-73-69-65-61-57-51-32-28-24-20-16-12-8-4)83-105-109(97,98)103-79-85(92)80-104-110(99,100)106-84-87(108-91(96)78-74-70-66-62-58-54-50-47-44-41-38-35-31-27-23-19-15-11-7-3)82-102-89(94)76-72-68-64-60-56-53-49-46-43-40-37-34-30-26-22-18-14-10-6-2/h9-11,13-15,21-23,25-27,33-38,42-47,52-56,58,64,66,68,70,85-87,92H,5-8,12,16-20,24,28-32,39-41,48-51,57,59-63,65,67,69,71-84H2,1-4H3,(H,97,98)(H,99,100)/b13-9-,14-10-,15-11-,25-21-,26-22-,27-23-,36-33-,37-34-,38-35-,45-42-,46-43-,47-44-,55-52-,56-53-,58-54-,68-64-,70-66-/t85-,86+,87+/m0/s1. The minimum absolute atomic E-state index is 0.0113. The first-order chi connectivity index (χ1) is 53.7. The van der Waals surface area contributed by atoms with Gasteiger partial charge in [0.25, 0.3) is 0 Å². The van der Waals surface area contributed by atoms with Gasteiger partial charge in [-0.05, 0) is 148 Å². The van der Waals surface area contributed by atoms with E-state index in [-0.39, 0.29) is 25.7 Å². The highest BCUT2D eigenvalue weighted by Crippen LogP contribution is 2.45. The third-order valence-electron chi connectivity index (χ3n) is 16.3. The second kappa shape index (κ2) is 80.7. The SMILES string of the molecule is CC/C=C\C/C=C\C/C=C\C/C=C\C/C=C\C/C=C\CCC(=O)OC[C@H](COP(=O)(O)OC[C@@H](O)COP(=O)(O)OC[C@@H](COC(=O)CCCCC/C=C\C/C=C\C/C=C\C/C=C\C/C=C\CC)OC(=O)CCCCCCCCCCCCCCC)OC(=O)CC/C=C\C/C=C\C/C=C\C/C=C\C/C=C\C/C=C\CC. The summed E-state index contributed by atoms with van der Waals surface area (Å²) in [7, 11) is -10.0. The molecule has 0 radical (unpaired) electrons. The number of carbonyl (C=O) groups excluding carboxylic acids is 4. The largest absolute Gasteiger partial charge is 0.472 e. The number of hydrogen-bond acceptors (Lipinski definition) is 15. The maximum absolute atomic E-state index is 13.1. The molecule has 110 heavy (non-hydrogen) atoms. The predicted octanol–water partition coefficient (Wildman–Crippen LogP) is 24.7. The first-order valence-corrected chi connectivity index (χ1v) is 44.3. The molecule has 5 atom stereocenters. The van der Waals surface area contributed by atoms with Gasteiger partial charge in [0, 0.05) is 25.7 Å². The monoisotopic (exact) mass is 1570 g/mol. The zero-order valence-corrected chi connectivity index (χ0v) is 69.6. The molecule has 0 spiro atoms. The lowest BCUT2D eigenvalue weighted by Crippen LogP contribution is -2.30. The van der Waals surface area contributed by atoms with E-state index < -0.39 is 97.5 Å². The number of hydrogen-bond donors (Lipinski definition) is 3. The van der Waals surface area contributed by atoms with Crippen LogP contribution in [0.1, 0.15) is 285 Å². The number of aliphatic hydroxyl groups is 1. The summed E-state index contributed by atoms with van der Waals surface area (Å²) >= 11 is 0. The molecule has 0 aliphatic heterocycles. The number of unbranched alkanes of at least 4 members (excludes halogenated alkanes) is 15. The number of aliphatic hydroxyl groups excluding tert-OH is 1. The van der Waals surface area contributed by atoms with Gasteiger partial charge in [-0.15, -0.1) is 0 Å². The van der Waals surface area contributed by atoms with Gasteiger partial charge in [0.1, 0.15) is 19.3 Å². The highest BCUT2D eigenvalue weighted by molar-refractivity contribution is 7.47. The molecule has 2 unspecified atom stereocenters. The summed E-state index contributed by atoms with van der Waals surface area (Å²) in [5, 5.41) is 10.7. The van der Waals surface area contributed by atoms with Gasteiger partial charge in [-0.1, -0.05) is 318 Å². The normalized spacial score (nSPS) is 14.9. The van der Waals surface area contributed by atoms with Gasteiger partial charge in [-0.3, -0.25) is 37.3 Å². The van der Waals surface area contributed by atoms with Gasteiger partial charge in [0.15, 0.2) is 12.2 Å². The molecule has 19 heteroatoms. The van der Waals surface area contributed by atoms with E-state index in [4.69, 9.17) is 37.0 Å². The maximum Gasteiger partial charge on any atom is 0.472 e. The predicted molar refractivity (Wildman–Crippen MR) is 454 cm³/mol. The molecule has 620 valence electrons. The lowest BCUT2D eigenvalue weighted by atomic mass is 10.0. The fourth-order valence-electron chi connectivity index (χ4n) is 10.1. The molecule has 17 nitrogen and oxygen atoms in total. The van der Waals surface area contributed by atoms with E-state index in [2.05, 4.69) is 198 Å². The van der Waals surface area contributed by atoms with Crippen molar-refractivity contribution in [3.63, 3.8) is 0 Å². The topological polar surface area (TPSA) is 237 Å². The van der Waals surface area contributed by atoms with Crippen LogP contribution in [0.15, 0.2) is 207 Å². The highest BCUT2D eigenvalue weighted by Gasteiger charge is 2.30. The van der Waals surface area contributed by atoms with Crippen LogP contribution in [0.4, 0.5) is 0 Å². The number of ether oxygens (including phenoxy) is 4. The average molecular weight is 1570 g/mol. The first-order valence-electron chi connectivity index (χ1n) is 41.3. The van der Waals surface area contributed by atoms with E-state index >= 15 is 0 Å². The summed E-state index contributed by atoms with van der Waals surface area (Å²) in [6.45, 7) is 4.30. The van der Waals surface area contributed by atoms with E-state index in [1.807, 2.05) is 36.5 Å². The Labute approximate surface area is 665 Å². The molecule has 0 aromatic heterocycles. The van der Waals surface area contributed by atoms with Crippen LogP contribution in [0.2, 0.25) is 0 Å². The Kier molecular flexibility index (Phi) is 76.0. The van der Waals surface area contributed by atoms with Gasteiger partial charge in [0.05, 0.1) is 26.4 Å². The molecule has 0 aromatic carbocycles. The molecule has 3 N–H and O–H groups in total. The Bertz CT molecular complexity index is 2900. The van der Waals surface area contributed by atoms with Crippen molar-refractivity contribution in [2.45, 2.75) is 303 Å². The van der Waals surface area contributed by atoms with Crippen molar-refractivity contribution in [1.82, 2.24) is 0 Å². The molecule has 0 aliphatic rings. The molecule has 0 fully saturated rings. The van der Waals surface area contributed by atoms with E-state index in [1.165, 1.54) is 51.4 Å². The van der Waals surface area contributed by atoms with Crippen LogP contribution in [0.25, 0.3) is 0 Å². The Morgan fingerprint density at radius 3 is 0.800 bits per heavy atom. The minimum Gasteiger partial charge on any atom is -0.462 e. The first kappa shape index (κ1) is 104. The van der Waals surface area contributed by atoms with Crippen LogP contribution in [-0.2, 0) is 65.4 Å². The van der Waals surface area contributed by atoms with E-state index in [9.17, 15) is 43.2 Å². The second-order valence-corrected chi connectivity index (χ2v) is 29.5. The van der Waals surface area contributed by atoms with Crippen LogP contribution in [0, 0.1) is 0 Å². The summed E-state index contributed by atoms with van der Waals surface area (Å²) in [6, 6.07) is 0. The van der Waals surface area contributed by atoms with Gasteiger partial charge in [0.2, 0.25) is 0 Å². The fourth-order valence-corrected chi connectivity index (χ4v) is 11.7. The lowest BCUT2D eigenvalue weighted by molar-refractivity contribution is -0.161. The van der Waals surface area contributed by atoms with E-state index in [1.54, 1.807) is 0 Å². The molecule has 0 amide bonds. The number of carbonyl (C=O) groups is 4. The maximum atomic E-state index is 13.1. The van der Waals surface area contributed by atoms with Crippen molar-refractivity contribution in [1.29, 1.82) is 0 Å². The highest BCUT2D eigenvalue weighted by atomic mass is 31.2. The van der Waals surface area contributed by atoms with Crippen molar-refractivity contribution >= 4 is 39.5 Å². The molecule has 0 saturated carbocycles. The van der Waals surface area contributed by atoms with Crippen molar-refractivity contribution in [3.05, 3.63) is 207 Å². The van der Waals surface area contributed by atoms with Gasteiger partial charge in [-0.25, -0.2) is 9.13 Å². The molecule has 0 aliphatic carbocycles. The third kappa shape index (κ3) is 79.7. The summed E-state index contributed by atoms with van der Waals surface area (Å²) in [5.41, 5.74) is 0. The molecule has 0 rings (SSSR count). The summed E-state index contributed by atoms with van der Waals surface area (Å²) in [6.07, 6.45) is 101. The number of phosphoric ester groups is 2. The average Bonchev–Trinajstić information content (AvgIpc) is 0.900. The van der Waals surface area contributed by atoms with Gasteiger partial charge < -0.3 is 33.8 Å². The lowest BCUT2D eigenvalue weighted by Gasteiger charge is -2.21. The van der Waals surface area contributed by atoms with Crippen molar-refractivity contribution in [2.75, 3.05) is 39.6 Å². The Morgan fingerprint density at radius 2 is 0.491 bits per heavy atom. The van der Waals surface area contributed by atoms with Crippen LogP contribution < -0.4 is 0 Å². The zero-order valence-electron chi connectivity index (χ0n) is 67.8. The number of allylic oxidation sites excluding steroid dienone is 34. The van der Waals surface area contributed by atoms with Crippen molar-refractivity contribution in [3.8, 4) is 0 Å². The van der Waals surface area contributed by atoms with E-state index in [0.717, 1.165) is 141 Å². The summed E-state index contributed by atoms with van der Waals surface area (Å²) in [4.78, 5) is 73.1. The van der Waals surface area contributed by atoms with Gasteiger partial charge >= 0.3 is 39.5 Å². The molecule has 0 bridgehead atoms. The molecule has 0 saturated heterocycles. The fraction of sp³-hybridized carbons (Fsp3) is 0.582. The molecular weight excluding hydrogens is 1430 g/mol. The van der Waals surface area contributed by atoms with Crippen LogP contribution in [0.3, 0.4) is 0 Å².